The van der Waals surface area contributed by atoms with Crippen LogP contribution < -0.4 is 4.74 Å². The van der Waals surface area contributed by atoms with Crippen LogP contribution in [-0.2, 0) is 0 Å². The zero-order chi connectivity index (χ0) is 13.7. The second-order valence-electron chi connectivity index (χ2n) is 4.01. The van der Waals surface area contributed by atoms with Crippen molar-refractivity contribution in [2.75, 3.05) is 7.11 Å². The molecule has 2 nitrogen and oxygen atoms in total. The molecule has 2 aromatic carbocycles. The summed E-state index contributed by atoms with van der Waals surface area (Å²) in [5, 5.41) is 7.96. The molecule has 0 amide bonds. The summed E-state index contributed by atoms with van der Waals surface area (Å²) in [7, 11) is 1.41. The van der Waals surface area contributed by atoms with E-state index >= 15 is 0 Å². The first-order valence-electron chi connectivity index (χ1n) is 5.86. The summed E-state index contributed by atoms with van der Waals surface area (Å²) in [5.41, 5.74) is 1.94. The predicted octanol–water partition coefficient (Wildman–Crippen LogP) is 3.92. The van der Waals surface area contributed by atoms with E-state index in [1.165, 1.54) is 19.2 Å². The second-order valence-corrected chi connectivity index (χ2v) is 4.01. The maximum atomic E-state index is 13.3. The lowest BCUT2D eigenvalue weighted by atomic mass is 10.1. The van der Waals surface area contributed by atoms with Crippen LogP contribution in [0.4, 0.5) is 4.39 Å². The summed E-state index contributed by atoms with van der Waals surface area (Å²) < 4.78 is 18.2. The molecule has 0 heterocycles. The molecule has 3 heteroatoms. The van der Waals surface area contributed by atoms with Gasteiger partial charge in [0.2, 0.25) is 0 Å². The van der Waals surface area contributed by atoms with Gasteiger partial charge in [-0.2, -0.15) is 0 Å². The molecular formula is C16H14FNO. The van der Waals surface area contributed by atoms with E-state index in [9.17, 15) is 4.39 Å². The molecule has 0 radical (unpaired) electrons. The van der Waals surface area contributed by atoms with Gasteiger partial charge in [0, 0.05) is 5.56 Å². The Kier molecular flexibility index (Phi) is 4.08. The average Bonchev–Trinajstić information content (AvgIpc) is 2.46. The second kappa shape index (κ2) is 5.96. The topological polar surface area (TPSA) is 33.1 Å². The highest BCUT2D eigenvalue weighted by Crippen LogP contribution is 2.19. The van der Waals surface area contributed by atoms with E-state index in [1.807, 2.05) is 36.4 Å². The minimum absolute atomic E-state index is 0.148. The average molecular weight is 255 g/mol. The molecule has 0 saturated heterocycles. The number of benzene rings is 2. The smallest absolute Gasteiger partial charge is 0.165 e. The Bertz CT molecular complexity index is 605. The van der Waals surface area contributed by atoms with Crippen molar-refractivity contribution >= 4 is 11.8 Å². The molecule has 0 atom stereocenters. The van der Waals surface area contributed by atoms with Crippen LogP contribution in [0.5, 0.6) is 5.75 Å². The van der Waals surface area contributed by atoms with E-state index in [0.717, 1.165) is 5.56 Å². The number of halogens is 1. The Balaban J connectivity index is 2.18. The van der Waals surface area contributed by atoms with Crippen LogP contribution in [0.3, 0.4) is 0 Å². The van der Waals surface area contributed by atoms with Crippen LogP contribution in [0.15, 0.2) is 54.6 Å². The van der Waals surface area contributed by atoms with E-state index < -0.39 is 5.82 Å². The van der Waals surface area contributed by atoms with Crippen LogP contribution in [0.1, 0.15) is 11.1 Å². The van der Waals surface area contributed by atoms with E-state index in [1.54, 1.807) is 12.1 Å². The van der Waals surface area contributed by atoms with Gasteiger partial charge in [0.25, 0.3) is 0 Å². The van der Waals surface area contributed by atoms with Crippen molar-refractivity contribution in [1.29, 1.82) is 5.41 Å². The Morgan fingerprint density at radius 3 is 2.58 bits per heavy atom. The van der Waals surface area contributed by atoms with Crippen LogP contribution >= 0.6 is 0 Å². The van der Waals surface area contributed by atoms with Crippen molar-refractivity contribution in [3.05, 3.63) is 71.6 Å². The number of allylic oxidation sites excluding steroid dienone is 1. The highest BCUT2D eigenvalue weighted by atomic mass is 19.1. The predicted molar refractivity (Wildman–Crippen MR) is 75.3 cm³/mol. The molecule has 0 aliphatic rings. The summed E-state index contributed by atoms with van der Waals surface area (Å²) in [5.74, 6) is -0.276. The summed E-state index contributed by atoms with van der Waals surface area (Å²) >= 11 is 0. The number of ether oxygens (including phenoxy) is 1. The third-order valence-corrected chi connectivity index (χ3v) is 2.70. The van der Waals surface area contributed by atoms with Gasteiger partial charge in [-0.3, -0.25) is 0 Å². The molecule has 0 spiro atoms. The van der Waals surface area contributed by atoms with Crippen molar-refractivity contribution < 1.29 is 9.13 Å². The number of hydrogen-bond acceptors (Lipinski definition) is 2. The molecule has 0 aromatic heterocycles. The Morgan fingerprint density at radius 1 is 1.16 bits per heavy atom. The molecule has 0 unspecified atom stereocenters. The van der Waals surface area contributed by atoms with Gasteiger partial charge in [-0.15, -0.1) is 0 Å². The van der Waals surface area contributed by atoms with Crippen molar-refractivity contribution in [1.82, 2.24) is 0 Å². The number of nitrogens with one attached hydrogen (secondary N) is 1. The lowest BCUT2D eigenvalue weighted by molar-refractivity contribution is 0.386. The summed E-state index contributed by atoms with van der Waals surface area (Å²) in [6, 6.07) is 14.1. The van der Waals surface area contributed by atoms with Gasteiger partial charge in [0.05, 0.1) is 12.8 Å². The maximum absolute atomic E-state index is 13.3. The van der Waals surface area contributed by atoms with Crippen LogP contribution in [0, 0.1) is 11.2 Å². The minimum atomic E-state index is -0.425. The van der Waals surface area contributed by atoms with E-state index in [4.69, 9.17) is 10.1 Å². The lowest BCUT2D eigenvalue weighted by Crippen LogP contribution is -1.97. The molecule has 0 aliphatic carbocycles. The van der Waals surface area contributed by atoms with Gasteiger partial charge in [-0.25, -0.2) is 4.39 Å². The number of methoxy groups -OCH3 is 1. The standard InChI is InChI=1S/C16H14FNO/c1-19-16-11-13(8-9-14(16)17)15(18)10-7-12-5-3-2-4-6-12/h2-11,18H,1H3. The fraction of sp³-hybridized carbons (Fsp3) is 0.0625. The largest absolute Gasteiger partial charge is 0.494 e. The van der Waals surface area contributed by atoms with Crippen molar-refractivity contribution in [2.24, 2.45) is 0 Å². The molecule has 2 aromatic rings. The monoisotopic (exact) mass is 255 g/mol. The quantitative estimate of drug-likeness (QED) is 0.825. The Labute approximate surface area is 111 Å². The third-order valence-electron chi connectivity index (χ3n) is 2.70. The fourth-order valence-electron chi connectivity index (χ4n) is 1.67. The summed E-state index contributed by atoms with van der Waals surface area (Å²) in [6.45, 7) is 0. The maximum Gasteiger partial charge on any atom is 0.165 e. The molecular weight excluding hydrogens is 241 g/mol. The highest BCUT2D eigenvalue weighted by molar-refractivity contribution is 6.08. The van der Waals surface area contributed by atoms with Crippen molar-refractivity contribution in [3.8, 4) is 5.75 Å². The Morgan fingerprint density at radius 2 is 1.89 bits per heavy atom. The first kappa shape index (κ1) is 13.0. The first-order valence-corrected chi connectivity index (χ1v) is 5.86. The normalized spacial score (nSPS) is 10.6. The molecule has 2 rings (SSSR count). The Hall–Kier alpha value is -2.42. The van der Waals surface area contributed by atoms with Gasteiger partial charge < -0.3 is 10.1 Å². The molecule has 0 aliphatic heterocycles. The fourth-order valence-corrected chi connectivity index (χ4v) is 1.67. The third kappa shape index (κ3) is 3.28. The van der Waals surface area contributed by atoms with Crippen LogP contribution in [0.2, 0.25) is 0 Å². The van der Waals surface area contributed by atoms with Gasteiger partial charge in [0.1, 0.15) is 0 Å². The first-order chi connectivity index (χ1) is 9.20. The van der Waals surface area contributed by atoms with Gasteiger partial charge in [0.15, 0.2) is 11.6 Å². The van der Waals surface area contributed by atoms with E-state index in [2.05, 4.69) is 0 Å². The van der Waals surface area contributed by atoms with Crippen molar-refractivity contribution in [2.45, 2.75) is 0 Å². The SMILES string of the molecule is COc1cc(C(=N)C=Cc2ccccc2)ccc1F. The van der Waals surface area contributed by atoms with Gasteiger partial charge >= 0.3 is 0 Å². The van der Waals surface area contributed by atoms with Gasteiger partial charge in [-0.05, 0) is 29.8 Å². The molecule has 0 saturated carbocycles. The zero-order valence-corrected chi connectivity index (χ0v) is 10.6. The molecule has 0 fully saturated rings. The summed E-state index contributed by atoms with van der Waals surface area (Å²) in [4.78, 5) is 0. The molecule has 0 bridgehead atoms. The van der Waals surface area contributed by atoms with Crippen LogP contribution in [-0.4, -0.2) is 12.8 Å². The highest BCUT2D eigenvalue weighted by Gasteiger charge is 2.05. The zero-order valence-electron chi connectivity index (χ0n) is 10.6. The number of hydrogen-bond donors (Lipinski definition) is 1. The van der Waals surface area contributed by atoms with Gasteiger partial charge in [-0.1, -0.05) is 36.4 Å². The number of rotatable bonds is 4. The molecule has 1 N–H and O–H groups in total. The summed E-state index contributed by atoms with van der Waals surface area (Å²) in [6.07, 6.45) is 3.53. The minimum Gasteiger partial charge on any atom is -0.494 e. The van der Waals surface area contributed by atoms with Crippen LogP contribution in [0.25, 0.3) is 6.08 Å². The van der Waals surface area contributed by atoms with Crippen molar-refractivity contribution in [3.63, 3.8) is 0 Å². The molecule has 19 heavy (non-hydrogen) atoms. The molecule has 96 valence electrons. The van der Waals surface area contributed by atoms with E-state index in [0.29, 0.717) is 11.3 Å². The lowest BCUT2D eigenvalue weighted by Gasteiger charge is -2.04. The van der Waals surface area contributed by atoms with E-state index in [-0.39, 0.29) is 5.75 Å².